The molecule has 0 saturated carbocycles. The van der Waals surface area contributed by atoms with Crippen molar-refractivity contribution in [2.24, 2.45) is 0 Å². The molecule has 0 spiro atoms. The zero-order chi connectivity index (χ0) is 11.1. The van der Waals surface area contributed by atoms with Gasteiger partial charge in [-0.05, 0) is 19.1 Å². The van der Waals surface area contributed by atoms with Gasteiger partial charge in [0.15, 0.2) is 0 Å². The first-order chi connectivity index (χ1) is 7.26. The summed E-state index contributed by atoms with van der Waals surface area (Å²) in [5.41, 5.74) is 0.655. The van der Waals surface area contributed by atoms with E-state index >= 15 is 0 Å². The molecule has 1 aromatic rings. The molecule has 1 rings (SSSR count). The van der Waals surface area contributed by atoms with Gasteiger partial charge in [0.1, 0.15) is 0 Å². The second-order valence-corrected chi connectivity index (χ2v) is 2.69. The number of pyridine rings is 1. The number of methoxy groups -OCH3 is 1. The molecule has 0 aliphatic rings. The predicted octanol–water partition coefficient (Wildman–Crippen LogP) is 1.67. The van der Waals surface area contributed by atoms with Gasteiger partial charge in [-0.2, -0.15) is 0 Å². The molecule has 4 nitrogen and oxygen atoms in total. The van der Waals surface area contributed by atoms with Crippen molar-refractivity contribution in [3.05, 3.63) is 30.0 Å². The molecular formula is C11H13NO3. The van der Waals surface area contributed by atoms with Crippen LogP contribution in [0.1, 0.15) is 12.6 Å². The molecule has 80 valence electrons. The molecule has 0 aliphatic carbocycles. The molecule has 0 amide bonds. The Kier molecular flexibility index (Phi) is 4.34. The van der Waals surface area contributed by atoms with Gasteiger partial charge in [-0.15, -0.1) is 0 Å². The summed E-state index contributed by atoms with van der Waals surface area (Å²) in [6.07, 6.45) is 2.92. The van der Waals surface area contributed by atoms with Crippen LogP contribution in [0.15, 0.2) is 24.3 Å². The Morgan fingerprint density at radius 2 is 2.33 bits per heavy atom. The van der Waals surface area contributed by atoms with E-state index in [0.717, 1.165) is 0 Å². The molecule has 0 aromatic carbocycles. The number of hydrogen-bond donors (Lipinski definition) is 0. The number of aromatic nitrogens is 1. The van der Waals surface area contributed by atoms with E-state index in [0.29, 0.717) is 18.2 Å². The van der Waals surface area contributed by atoms with Gasteiger partial charge in [-0.3, -0.25) is 0 Å². The van der Waals surface area contributed by atoms with Crippen molar-refractivity contribution in [3.63, 3.8) is 0 Å². The third-order valence-electron chi connectivity index (χ3n) is 1.63. The SMILES string of the molecule is CCOC(=O)/C=C\c1cccc(OC)n1. The van der Waals surface area contributed by atoms with Crippen LogP contribution in [0, 0.1) is 0 Å². The molecule has 4 heteroatoms. The summed E-state index contributed by atoms with van der Waals surface area (Å²) in [6.45, 7) is 2.13. The van der Waals surface area contributed by atoms with Crippen molar-refractivity contribution in [2.75, 3.05) is 13.7 Å². The Morgan fingerprint density at radius 1 is 1.53 bits per heavy atom. The molecular weight excluding hydrogens is 194 g/mol. The second kappa shape index (κ2) is 5.80. The normalized spacial score (nSPS) is 10.3. The van der Waals surface area contributed by atoms with Crippen LogP contribution in [0.4, 0.5) is 0 Å². The summed E-state index contributed by atoms with van der Waals surface area (Å²) in [7, 11) is 1.54. The Bertz CT molecular complexity index is 361. The molecule has 0 saturated heterocycles. The van der Waals surface area contributed by atoms with E-state index < -0.39 is 0 Å². The summed E-state index contributed by atoms with van der Waals surface area (Å²) in [4.78, 5) is 15.1. The van der Waals surface area contributed by atoms with Crippen LogP contribution in [0.3, 0.4) is 0 Å². The van der Waals surface area contributed by atoms with Crippen LogP contribution < -0.4 is 4.74 Å². The fraction of sp³-hybridized carbons (Fsp3) is 0.273. The Balaban J connectivity index is 2.67. The summed E-state index contributed by atoms with van der Waals surface area (Å²) >= 11 is 0. The lowest BCUT2D eigenvalue weighted by molar-refractivity contribution is -0.137. The molecule has 0 fully saturated rings. The lowest BCUT2D eigenvalue weighted by Gasteiger charge is -1.98. The predicted molar refractivity (Wildman–Crippen MR) is 56.5 cm³/mol. The van der Waals surface area contributed by atoms with Gasteiger partial charge >= 0.3 is 5.97 Å². The van der Waals surface area contributed by atoms with Gasteiger partial charge in [0.25, 0.3) is 0 Å². The first kappa shape index (κ1) is 11.2. The summed E-state index contributed by atoms with van der Waals surface area (Å²) < 4.78 is 9.68. The molecule has 15 heavy (non-hydrogen) atoms. The van der Waals surface area contributed by atoms with Gasteiger partial charge in [0.2, 0.25) is 5.88 Å². The summed E-state index contributed by atoms with van der Waals surface area (Å²) in [6, 6.07) is 5.32. The first-order valence-electron chi connectivity index (χ1n) is 4.62. The van der Waals surface area contributed by atoms with E-state index in [1.165, 1.54) is 6.08 Å². The molecule has 0 unspecified atom stereocenters. The van der Waals surface area contributed by atoms with Gasteiger partial charge in [-0.25, -0.2) is 9.78 Å². The lowest BCUT2D eigenvalue weighted by atomic mass is 10.3. The number of esters is 1. The van der Waals surface area contributed by atoms with Crippen LogP contribution >= 0.6 is 0 Å². The van der Waals surface area contributed by atoms with Crippen molar-refractivity contribution in [2.45, 2.75) is 6.92 Å². The zero-order valence-electron chi connectivity index (χ0n) is 8.77. The largest absolute Gasteiger partial charge is 0.481 e. The third-order valence-corrected chi connectivity index (χ3v) is 1.63. The van der Waals surface area contributed by atoms with Crippen molar-refractivity contribution in [1.29, 1.82) is 0 Å². The number of nitrogens with zero attached hydrogens (tertiary/aromatic N) is 1. The molecule has 0 N–H and O–H groups in total. The summed E-state index contributed by atoms with van der Waals surface area (Å²) in [5, 5.41) is 0. The van der Waals surface area contributed by atoms with Crippen molar-refractivity contribution in [1.82, 2.24) is 4.98 Å². The van der Waals surface area contributed by atoms with E-state index in [9.17, 15) is 4.79 Å². The number of rotatable bonds is 4. The molecule has 1 heterocycles. The van der Waals surface area contributed by atoms with Gasteiger partial charge in [0.05, 0.1) is 19.4 Å². The second-order valence-electron chi connectivity index (χ2n) is 2.69. The number of carbonyl (C=O) groups excluding carboxylic acids is 1. The van der Waals surface area contributed by atoms with E-state index in [4.69, 9.17) is 9.47 Å². The topological polar surface area (TPSA) is 48.4 Å². The maximum absolute atomic E-state index is 11.0. The fourth-order valence-electron chi connectivity index (χ4n) is 0.981. The van der Waals surface area contributed by atoms with Gasteiger partial charge in [0, 0.05) is 12.1 Å². The third kappa shape index (κ3) is 3.81. The number of ether oxygens (including phenoxy) is 2. The molecule has 0 radical (unpaired) electrons. The molecule has 1 aromatic heterocycles. The van der Waals surface area contributed by atoms with Crippen molar-refractivity contribution >= 4 is 12.0 Å². The molecule has 0 atom stereocenters. The Morgan fingerprint density at radius 3 is 3.00 bits per heavy atom. The monoisotopic (exact) mass is 207 g/mol. The van der Waals surface area contributed by atoms with E-state index in [1.54, 1.807) is 38.3 Å². The fourth-order valence-corrected chi connectivity index (χ4v) is 0.981. The first-order valence-corrected chi connectivity index (χ1v) is 4.62. The number of carbonyl (C=O) groups is 1. The van der Waals surface area contributed by atoms with Gasteiger partial charge < -0.3 is 9.47 Å². The highest BCUT2D eigenvalue weighted by atomic mass is 16.5. The average Bonchev–Trinajstić information content (AvgIpc) is 2.27. The molecule has 0 aliphatic heterocycles. The van der Waals surface area contributed by atoms with Crippen LogP contribution in [0.2, 0.25) is 0 Å². The van der Waals surface area contributed by atoms with Gasteiger partial charge in [-0.1, -0.05) is 6.07 Å². The average molecular weight is 207 g/mol. The quantitative estimate of drug-likeness (QED) is 0.556. The lowest BCUT2D eigenvalue weighted by Crippen LogP contribution is -1.98. The number of hydrogen-bond acceptors (Lipinski definition) is 4. The van der Waals surface area contributed by atoms with Crippen LogP contribution in [-0.4, -0.2) is 24.7 Å². The minimum Gasteiger partial charge on any atom is -0.481 e. The van der Waals surface area contributed by atoms with E-state index in [-0.39, 0.29) is 5.97 Å². The minimum atomic E-state index is -0.373. The summed E-state index contributed by atoms with van der Waals surface area (Å²) in [5.74, 6) is 0.142. The Labute approximate surface area is 88.5 Å². The Hall–Kier alpha value is -1.84. The van der Waals surface area contributed by atoms with E-state index in [2.05, 4.69) is 4.98 Å². The van der Waals surface area contributed by atoms with Crippen molar-refractivity contribution < 1.29 is 14.3 Å². The van der Waals surface area contributed by atoms with Crippen LogP contribution in [0.5, 0.6) is 5.88 Å². The minimum absolute atomic E-state index is 0.370. The molecule has 0 bridgehead atoms. The standard InChI is InChI=1S/C11H13NO3/c1-3-15-11(13)8-7-9-5-4-6-10(12-9)14-2/h4-8H,3H2,1-2H3/b8-7-. The zero-order valence-corrected chi connectivity index (χ0v) is 8.77. The van der Waals surface area contributed by atoms with Crippen LogP contribution in [0.25, 0.3) is 6.08 Å². The van der Waals surface area contributed by atoms with Crippen LogP contribution in [-0.2, 0) is 9.53 Å². The highest BCUT2D eigenvalue weighted by molar-refractivity contribution is 5.86. The maximum Gasteiger partial charge on any atom is 0.330 e. The highest BCUT2D eigenvalue weighted by Crippen LogP contribution is 2.07. The smallest absolute Gasteiger partial charge is 0.330 e. The van der Waals surface area contributed by atoms with Crippen molar-refractivity contribution in [3.8, 4) is 5.88 Å². The maximum atomic E-state index is 11.0. The van der Waals surface area contributed by atoms with E-state index in [1.807, 2.05) is 0 Å². The highest BCUT2D eigenvalue weighted by Gasteiger charge is 1.96.